The number of ketones is 1. The summed E-state index contributed by atoms with van der Waals surface area (Å²) >= 11 is 11.0. The zero-order chi connectivity index (χ0) is 21.4. The number of halogens is 2. The van der Waals surface area contributed by atoms with Crippen molar-refractivity contribution in [3.63, 3.8) is 0 Å². The molecule has 1 unspecified atom stereocenters. The molecule has 8 heteroatoms. The van der Waals surface area contributed by atoms with E-state index in [1.807, 2.05) is 23.6 Å². The van der Waals surface area contributed by atoms with Crippen LogP contribution in [0.2, 0.25) is 5.02 Å². The summed E-state index contributed by atoms with van der Waals surface area (Å²) in [5, 5.41) is 13.2. The molecule has 0 aliphatic carbocycles. The van der Waals surface area contributed by atoms with Crippen LogP contribution in [-0.4, -0.2) is 23.9 Å². The van der Waals surface area contributed by atoms with Gasteiger partial charge in [-0.25, -0.2) is 0 Å². The molecule has 30 heavy (non-hydrogen) atoms. The standard InChI is InChI=1S/C22H15BrClNO4S/c1-29-16-8-7-12(10-15(16)24)20(26)18-19(17-6-3-9-30-17)25(22(28)21(18)27)14-5-2-4-13(23)11-14/h2-11,19,26H,1H3/b20-18-. The molecule has 1 atom stereocenters. The van der Waals surface area contributed by atoms with Crippen LogP contribution in [0.15, 0.2) is 70.0 Å². The number of Topliss-reactive ketones (excluding diaryl/α,β-unsaturated/α-hetero) is 1. The Kier molecular flexibility index (Phi) is 5.69. The molecule has 152 valence electrons. The Balaban J connectivity index is 1.92. The molecule has 0 saturated carbocycles. The first kappa shape index (κ1) is 20.7. The fourth-order valence-corrected chi connectivity index (χ4v) is 4.88. The van der Waals surface area contributed by atoms with Crippen LogP contribution in [0.1, 0.15) is 16.5 Å². The maximum absolute atomic E-state index is 13.0. The maximum atomic E-state index is 13.0. The number of hydrogen-bond donors (Lipinski definition) is 1. The number of aliphatic hydroxyl groups is 1. The number of carbonyl (C=O) groups excluding carboxylic acids is 2. The highest BCUT2D eigenvalue weighted by molar-refractivity contribution is 9.10. The number of nitrogens with zero attached hydrogens (tertiary/aromatic N) is 1. The van der Waals surface area contributed by atoms with Gasteiger partial charge < -0.3 is 9.84 Å². The molecule has 1 aromatic heterocycles. The average Bonchev–Trinajstić information content (AvgIpc) is 3.34. The summed E-state index contributed by atoms with van der Waals surface area (Å²) in [6.07, 6.45) is 0. The molecule has 1 amide bonds. The Morgan fingerprint density at radius 2 is 1.97 bits per heavy atom. The van der Waals surface area contributed by atoms with Crippen molar-refractivity contribution in [1.82, 2.24) is 0 Å². The number of ether oxygens (including phenoxy) is 1. The number of rotatable bonds is 4. The van der Waals surface area contributed by atoms with Gasteiger partial charge in [0.25, 0.3) is 11.7 Å². The van der Waals surface area contributed by atoms with Gasteiger partial charge in [-0.05, 0) is 47.8 Å². The molecule has 1 fully saturated rings. The van der Waals surface area contributed by atoms with Crippen molar-refractivity contribution < 1.29 is 19.4 Å². The Hall–Kier alpha value is -2.61. The van der Waals surface area contributed by atoms with Crippen molar-refractivity contribution in [3.05, 3.63) is 85.5 Å². The van der Waals surface area contributed by atoms with E-state index < -0.39 is 17.7 Å². The summed E-state index contributed by atoms with van der Waals surface area (Å²) in [6, 6.07) is 14.8. The highest BCUT2D eigenvalue weighted by Gasteiger charge is 2.47. The highest BCUT2D eigenvalue weighted by Crippen LogP contribution is 2.44. The second kappa shape index (κ2) is 8.26. The van der Waals surface area contributed by atoms with E-state index in [-0.39, 0.29) is 16.4 Å². The molecule has 1 saturated heterocycles. The summed E-state index contributed by atoms with van der Waals surface area (Å²) in [5.74, 6) is -1.29. The van der Waals surface area contributed by atoms with Crippen molar-refractivity contribution in [2.45, 2.75) is 6.04 Å². The third kappa shape index (κ3) is 3.53. The first-order valence-electron chi connectivity index (χ1n) is 8.86. The molecule has 5 nitrogen and oxygen atoms in total. The normalized spacial score (nSPS) is 18.1. The molecule has 2 heterocycles. The summed E-state index contributed by atoms with van der Waals surface area (Å²) in [7, 11) is 1.49. The molecular formula is C22H15BrClNO4S. The fourth-order valence-electron chi connectivity index (χ4n) is 3.41. The van der Waals surface area contributed by atoms with Gasteiger partial charge in [0.05, 0.1) is 17.7 Å². The monoisotopic (exact) mass is 503 g/mol. The predicted molar refractivity (Wildman–Crippen MR) is 121 cm³/mol. The van der Waals surface area contributed by atoms with Gasteiger partial charge in [0.1, 0.15) is 17.6 Å². The number of methoxy groups -OCH3 is 1. The minimum Gasteiger partial charge on any atom is -0.507 e. The topological polar surface area (TPSA) is 66.8 Å². The molecule has 0 bridgehead atoms. The van der Waals surface area contributed by atoms with E-state index >= 15 is 0 Å². The second-order valence-electron chi connectivity index (χ2n) is 6.51. The van der Waals surface area contributed by atoms with E-state index in [4.69, 9.17) is 16.3 Å². The summed E-state index contributed by atoms with van der Waals surface area (Å²) in [5.41, 5.74) is 0.898. The number of hydrogen-bond acceptors (Lipinski definition) is 5. The quantitative estimate of drug-likeness (QED) is 0.277. The molecule has 3 aromatic rings. The molecule has 2 aromatic carbocycles. The van der Waals surface area contributed by atoms with E-state index in [2.05, 4.69) is 15.9 Å². The van der Waals surface area contributed by atoms with Gasteiger partial charge in [0.15, 0.2) is 0 Å². The zero-order valence-electron chi connectivity index (χ0n) is 15.6. The van der Waals surface area contributed by atoms with Crippen LogP contribution >= 0.6 is 38.9 Å². The molecule has 1 aliphatic heterocycles. The maximum Gasteiger partial charge on any atom is 0.300 e. The van der Waals surface area contributed by atoms with Gasteiger partial charge in [0, 0.05) is 20.6 Å². The second-order valence-corrected chi connectivity index (χ2v) is 8.82. The predicted octanol–water partition coefficient (Wildman–Crippen LogP) is 5.80. The molecule has 1 aliphatic rings. The van der Waals surface area contributed by atoms with Crippen LogP contribution in [0.3, 0.4) is 0 Å². The van der Waals surface area contributed by atoms with Crippen LogP contribution in [0.5, 0.6) is 5.75 Å². The van der Waals surface area contributed by atoms with Gasteiger partial charge in [0.2, 0.25) is 0 Å². The van der Waals surface area contributed by atoms with Crippen molar-refractivity contribution in [1.29, 1.82) is 0 Å². The van der Waals surface area contributed by atoms with E-state index in [0.29, 0.717) is 17.0 Å². The lowest BCUT2D eigenvalue weighted by Gasteiger charge is -2.24. The Bertz CT molecular complexity index is 1180. The highest BCUT2D eigenvalue weighted by atomic mass is 79.9. The Morgan fingerprint density at radius 3 is 2.60 bits per heavy atom. The van der Waals surface area contributed by atoms with E-state index in [9.17, 15) is 14.7 Å². The van der Waals surface area contributed by atoms with Crippen LogP contribution in [0.25, 0.3) is 5.76 Å². The SMILES string of the molecule is COc1ccc(/C(O)=C2/C(=O)C(=O)N(c3cccc(Br)c3)C2c2cccs2)cc1Cl. The van der Waals surface area contributed by atoms with Crippen LogP contribution in [0, 0.1) is 0 Å². The molecule has 4 rings (SSSR count). The smallest absolute Gasteiger partial charge is 0.300 e. The number of thiophene rings is 1. The fraction of sp³-hybridized carbons (Fsp3) is 0.0909. The molecular weight excluding hydrogens is 490 g/mol. The van der Waals surface area contributed by atoms with Gasteiger partial charge >= 0.3 is 0 Å². The van der Waals surface area contributed by atoms with Crippen molar-refractivity contribution in [2.75, 3.05) is 12.0 Å². The van der Waals surface area contributed by atoms with Gasteiger partial charge in [-0.1, -0.05) is 39.7 Å². The Labute approximate surface area is 190 Å². The zero-order valence-corrected chi connectivity index (χ0v) is 18.8. The van der Waals surface area contributed by atoms with Gasteiger partial charge in [-0.2, -0.15) is 0 Å². The number of benzene rings is 2. The van der Waals surface area contributed by atoms with Crippen LogP contribution in [0.4, 0.5) is 5.69 Å². The molecule has 0 spiro atoms. The van der Waals surface area contributed by atoms with Gasteiger partial charge in [-0.3, -0.25) is 14.5 Å². The number of amides is 1. The summed E-state index contributed by atoms with van der Waals surface area (Å²) < 4.78 is 5.92. The molecule has 1 N–H and O–H groups in total. The lowest BCUT2D eigenvalue weighted by Crippen LogP contribution is -2.29. The van der Waals surface area contributed by atoms with Crippen molar-refractivity contribution in [2.24, 2.45) is 0 Å². The average molecular weight is 505 g/mol. The Morgan fingerprint density at radius 1 is 1.17 bits per heavy atom. The van der Waals surface area contributed by atoms with E-state index in [1.165, 1.54) is 29.4 Å². The third-order valence-electron chi connectivity index (χ3n) is 4.77. The lowest BCUT2D eigenvalue weighted by molar-refractivity contribution is -0.132. The first-order valence-corrected chi connectivity index (χ1v) is 10.9. The molecule has 0 radical (unpaired) electrons. The number of carbonyl (C=O) groups is 2. The van der Waals surface area contributed by atoms with E-state index in [0.717, 1.165) is 9.35 Å². The van der Waals surface area contributed by atoms with E-state index in [1.54, 1.807) is 30.3 Å². The summed E-state index contributed by atoms with van der Waals surface area (Å²) in [4.78, 5) is 28.2. The number of anilines is 1. The van der Waals surface area contributed by atoms with Crippen LogP contribution in [-0.2, 0) is 9.59 Å². The third-order valence-corrected chi connectivity index (χ3v) is 6.48. The van der Waals surface area contributed by atoms with Crippen molar-refractivity contribution >= 4 is 62.0 Å². The number of aliphatic hydroxyl groups excluding tert-OH is 1. The minimum absolute atomic E-state index is 0.0173. The van der Waals surface area contributed by atoms with Crippen LogP contribution < -0.4 is 9.64 Å². The van der Waals surface area contributed by atoms with Gasteiger partial charge in [-0.15, -0.1) is 11.3 Å². The summed E-state index contributed by atoms with van der Waals surface area (Å²) in [6.45, 7) is 0. The first-order chi connectivity index (χ1) is 14.4. The minimum atomic E-state index is -0.752. The van der Waals surface area contributed by atoms with Crippen molar-refractivity contribution in [3.8, 4) is 5.75 Å². The lowest BCUT2D eigenvalue weighted by atomic mass is 9.99. The largest absolute Gasteiger partial charge is 0.507 e.